The van der Waals surface area contributed by atoms with Crippen molar-refractivity contribution in [2.24, 2.45) is 0 Å². The van der Waals surface area contributed by atoms with E-state index in [0.29, 0.717) is 6.61 Å². The van der Waals surface area contributed by atoms with Crippen LogP contribution in [-0.4, -0.2) is 16.2 Å². The van der Waals surface area contributed by atoms with Crippen LogP contribution >= 0.6 is 15.9 Å². The average Bonchev–Trinajstić information content (AvgIpc) is 3.03. The van der Waals surface area contributed by atoms with Gasteiger partial charge < -0.3 is 9.30 Å². The molecule has 0 unspecified atom stereocenters. The van der Waals surface area contributed by atoms with Crippen molar-refractivity contribution in [3.63, 3.8) is 0 Å². The van der Waals surface area contributed by atoms with E-state index in [1.807, 2.05) is 42.5 Å². The number of ether oxygens (including phenoxy) is 1. The number of benzene rings is 3. The Labute approximate surface area is 161 Å². The summed E-state index contributed by atoms with van der Waals surface area (Å²) in [6, 6.07) is 24.6. The van der Waals surface area contributed by atoms with Crippen molar-refractivity contribution in [1.82, 2.24) is 9.55 Å². The summed E-state index contributed by atoms with van der Waals surface area (Å²) in [4.78, 5) is 4.85. The first-order valence-corrected chi connectivity index (χ1v) is 9.41. The van der Waals surface area contributed by atoms with Crippen LogP contribution in [0.4, 0.5) is 0 Å². The van der Waals surface area contributed by atoms with E-state index < -0.39 is 0 Å². The largest absolute Gasteiger partial charge is 0.491 e. The topological polar surface area (TPSA) is 27.1 Å². The zero-order valence-corrected chi connectivity index (χ0v) is 16.1. The number of nitrogens with zero attached hydrogens (tertiary/aromatic N) is 2. The molecule has 0 radical (unpaired) electrons. The van der Waals surface area contributed by atoms with Gasteiger partial charge in [0.25, 0.3) is 0 Å². The Morgan fingerprint density at radius 3 is 2.46 bits per heavy atom. The minimum atomic E-state index is 0.592. The molecule has 4 aromatic rings. The summed E-state index contributed by atoms with van der Waals surface area (Å²) in [6.07, 6.45) is 0. The van der Waals surface area contributed by atoms with Gasteiger partial charge in [0.15, 0.2) is 0 Å². The molecule has 4 heteroatoms. The first-order chi connectivity index (χ1) is 12.7. The lowest BCUT2D eigenvalue weighted by atomic mass is 10.2. The third-order valence-electron chi connectivity index (χ3n) is 4.42. The van der Waals surface area contributed by atoms with Crippen LogP contribution in [-0.2, 0) is 6.54 Å². The van der Waals surface area contributed by atoms with E-state index in [1.54, 1.807) is 0 Å². The summed E-state index contributed by atoms with van der Waals surface area (Å²) < 4.78 is 9.31. The van der Waals surface area contributed by atoms with Gasteiger partial charge in [0, 0.05) is 10.0 Å². The summed E-state index contributed by atoms with van der Waals surface area (Å²) in [5, 5.41) is 0. The predicted molar refractivity (Wildman–Crippen MR) is 110 cm³/mol. The molecule has 0 aliphatic heterocycles. The quantitative estimate of drug-likeness (QED) is 0.415. The third kappa shape index (κ3) is 3.37. The molecule has 0 saturated heterocycles. The first kappa shape index (κ1) is 16.9. The molecule has 0 N–H and O–H groups in total. The molecule has 4 rings (SSSR count). The van der Waals surface area contributed by atoms with Gasteiger partial charge in [-0.3, -0.25) is 0 Å². The Bertz CT molecular complexity index is 1040. The molecule has 26 heavy (non-hydrogen) atoms. The van der Waals surface area contributed by atoms with Gasteiger partial charge in [-0.1, -0.05) is 58.4 Å². The molecule has 0 aliphatic carbocycles. The molecule has 3 aromatic carbocycles. The molecule has 0 spiro atoms. The van der Waals surface area contributed by atoms with E-state index in [0.717, 1.165) is 44.8 Å². The number of hydrogen-bond donors (Lipinski definition) is 0. The molecule has 0 saturated carbocycles. The minimum Gasteiger partial charge on any atom is -0.491 e. The highest BCUT2D eigenvalue weighted by Crippen LogP contribution is 2.26. The zero-order chi connectivity index (χ0) is 17.9. The van der Waals surface area contributed by atoms with Crippen molar-refractivity contribution < 1.29 is 4.74 Å². The number of rotatable bonds is 5. The number of aromatic nitrogens is 2. The molecule has 1 aromatic heterocycles. The fourth-order valence-corrected chi connectivity index (χ4v) is 3.35. The predicted octanol–water partition coefficient (Wildman–Crippen LogP) is 5.85. The Balaban J connectivity index is 1.65. The molecule has 0 amide bonds. The van der Waals surface area contributed by atoms with E-state index in [1.165, 1.54) is 0 Å². The molecular weight excluding hydrogens is 388 g/mol. The fourth-order valence-electron chi connectivity index (χ4n) is 3.09. The second-order valence-electron chi connectivity index (χ2n) is 6.20. The molecule has 0 aliphatic rings. The van der Waals surface area contributed by atoms with Crippen molar-refractivity contribution >= 4 is 27.0 Å². The number of fused-ring (bicyclic) bond motifs is 1. The second kappa shape index (κ2) is 7.34. The Morgan fingerprint density at radius 2 is 1.65 bits per heavy atom. The maximum Gasteiger partial charge on any atom is 0.141 e. The average molecular weight is 407 g/mol. The van der Waals surface area contributed by atoms with Gasteiger partial charge in [0.1, 0.15) is 18.2 Å². The molecule has 0 atom stereocenters. The summed E-state index contributed by atoms with van der Waals surface area (Å²) in [5.41, 5.74) is 4.37. The van der Waals surface area contributed by atoms with Crippen LogP contribution < -0.4 is 4.74 Å². The third-order valence-corrected chi connectivity index (χ3v) is 4.95. The van der Waals surface area contributed by atoms with Gasteiger partial charge in [-0.2, -0.15) is 0 Å². The summed E-state index contributed by atoms with van der Waals surface area (Å²) >= 11 is 3.50. The number of para-hydroxylation sites is 3. The van der Waals surface area contributed by atoms with Gasteiger partial charge in [-0.15, -0.1) is 0 Å². The van der Waals surface area contributed by atoms with Crippen LogP contribution in [0.1, 0.15) is 5.56 Å². The van der Waals surface area contributed by atoms with Crippen molar-refractivity contribution in [3.8, 4) is 17.1 Å². The Morgan fingerprint density at radius 1 is 0.923 bits per heavy atom. The van der Waals surface area contributed by atoms with Crippen LogP contribution in [0.2, 0.25) is 0 Å². The second-order valence-corrected chi connectivity index (χ2v) is 7.11. The van der Waals surface area contributed by atoms with Crippen molar-refractivity contribution in [1.29, 1.82) is 0 Å². The van der Waals surface area contributed by atoms with Crippen molar-refractivity contribution in [2.75, 3.05) is 6.61 Å². The van der Waals surface area contributed by atoms with Gasteiger partial charge in [0.2, 0.25) is 0 Å². The minimum absolute atomic E-state index is 0.592. The molecule has 3 nitrogen and oxygen atoms in total. The van der Waals surface area contributed by atoms with E-state index in [9.17, 15) is 0 Å². The highest BCUT2D eigenvalue weighted by Gasteiger charge is 2.12. The van der Waals surface area contributed by atoms with E-state index in [2.05, 4.69) is 57.8 Å². The van der Waals surface area contributed by atoms with Crippen LogP contribution in [0.5, 0.6) is 5.75 Å². The normalized spacial score (nSPS) is 11.0. The summed E-state index contributed by atoms with van der Waals surface area (Å²) in [7, 11) is 0. The summed E-state index contributed by atoms with van der Waals surface area (Å²) in [6.45, 7) is 3.39. The van der Waals surface area contributed by atoms with Crippen LogP contribution in [0.3, 0.4) is 0 Å². The lowest BCUT2D eigenvalue weighted by molar-refractivity contribution is 0.299. The number of imidazole rings is 1. The molecule has 0 bridgehead atoms. The molecule has 0 fully saturated rings. The SMILES string of the molecule is Cc1ccccc1OCCn1c(-c2ccc(Br)cc2)nc2ccccc21. The maximum atomic E-state index is 6.01. The summed E-state index contributed by atoms with van der Waals surface area (Å²) in [5.74, 6) is 1.90. The van der Waals surface area contributed by atoms with E-state index >= 15 is 0 Å². The van der Waals surface area contributed by atoms with Crippen LogP contribution in [0.15, 0.2) is 77.3 Å². The monoisotopic (exact) mass is 406 g/mol. The highest BCUT2D eigenvalue weighted by atomic mass is 79.9. The maximum absolute atomic E-state index is 6.01. The zero-order valence-electron chi connectivity index (χ0n) is 14.5. The fraction of sp³-hybridized carbons (Fsp3) is 0.136. The Hall–Kier alpha value is -2.59. The van der Waals surface area contributed by atoms with Crippen molar-refractivity contribution in [2.45, 2.75) is 13.5 Å². The van der Waals surface area contributed by atoms with Crippen LogP contribution in [0.25, 0.3) is 22.4 Å². The number of hydrogen-bond acceptors (Lipinski definition) is 2. The van der Waals surface area contributed by atoms with Gasteiger partial charge >= 0.3 is 0 Å². The van der Waals surface area contributed by atoms with Gasteiger partial charge in [0.05, 0.1) is 17.6 Å². The van der Waals surface area contributed by atoms with E-state index in [4.69, 9.17) is 9.72 Å². The first-order valence-electron chi connectivity index (χ1n) is 8.62. The Kier molecular flexibility index (Phi) is 4.76. The number of halogens is 1. The lowest BCUT2D eigenvalue weighted by Gasteiger charge is -2.12. The number of aryl methyl sites for hydroxylation is 1. The molecular formula is C22H19BrN2O. The van der Waals surface area contributed by atoms with Crippen LogP contribution in [0, 0.1) is 6.92 Å². The van der Waals surface area contributed by atoms with Gasteiger partial charge in [-0.05, 0) is 42.8 Å². The lowest BCUT2D eigenvalue weighted by Crippen LogP contribution is -2.10. The van der Waals surface area contributed by atoms with E-state index in [-0.39, 0.29) is 0 Å². The standard InChI is InChI=1S/C22H19BrN2O/c1-16-6-2-5-9-21(16)26-15-14-25-20-8-4-3-7-19(20)24-22(25)17-10-12-18(23)13-11-17/h2-13H,14-15H2,1H3. The molecule has 1 heterocycles. The van der Waals surface area contributed by atoms with Crippen molar-refractivity contribution in [3.05, 3.63) is 82.8 Å². The van der Waals surface area contributed by atoms with Gasteiger partial charge in [-0.25, -0.2) is 4.98 Å². The smallest absolute Gasteiger partial charge is 0.141 e. The highest BCUT2D eigenvalue weighted by molar-refractivity contribution is 9.10. The molecule has 130 valence electrons.